The Balaban J connectivity index is 2.13. The molecule has 0 aliphatic heterocycles. The Labute approximate surface area is 65.0 Å². The topological polar surface area (TPSA) is 0 Å². The maximum absolute atomic E-state index is 2.47. The summed E-state index contributed by atoms with van der Waals surface area (Å²) < 4.78 is 0. The van der Waals surface area contributed by atoms with Crippen LogP contribution >= 0.6 is 0 Å². The van der Waals surface area contributed by atoms with Crippen LogP contribution < -0.4 is 0 Å². The maximum Gasteiger partial charge on any atom is -0.0383 e. The molecule has 0 N–H and O–H groups in total. The second-order valence-electron chi connectivity index (χ2n) is 3.95. The molecule has 0 aromatic heterocycles. The second kappa shape index (κ2) is 4.00. The summed E-state index contributed by atoms with van der Waals surface area (Å²) in [4.78, 5) is 0. The number of hydrogen-bond acceptors (Lipinski definition) is 0. The van der Waals surface area contributed by atoms with Gasteiger partial charge in [-0.1, -0.05) is 33.1 Å². The Bertz CT molecular complexity index is 78.0. The van der Waals surface area contributed by atoms with E-state index in [0.717, 1.165) is 11.8 Å². The van der Waals surface area contributed by atoms with Crippen LogP contribution in [0.1, 0.15) is 46.0 Å². The Kier molecular flexibility index (Phi) is 3.24. The van der Waals surface area contributed by atoms with E-state index < -0.39 is 0 Å². The fourth-order valence-corrected chi connectivity index (χ4v) is 1.90. The highest BCUT2D eigenvalue weighted by Crippen LogP contribution is 2.27. The highest BCUT2D eigenvalue weighted by atomic mass is 14.2. The molecule has 1 saturated carbocycles. The molecular weight excluding hydrogens is 120 g/mol. The molecule has 0 aromatic rings. The molecule has 1 fully saturated rings. The molecule has 1 atom stereocenters. The highest BCUT2D eigenvalue weighted by molar-refractivity contribution is 4.77. The number of rotatable bonds is 2. The van der Waals surface area contributed by atoms with Crippen LogP contribution in [0.2, 0.25) is 0 Å². The first-order chi connectivity index (χ1) is 4.79. The van der Waals surface area contributed by atoms with Crippen LogP contribution in [0, 0.1) is 18.3 Å². The van der Waals surface area contributed by atoms with Gasteiger partial charge in [0.05, 0.1) is 0 Å². The third kappa shape index (κ3) is 2.72. The molecule has 1 aliphatic rings. The molecule has 0 aromatic carbocycles. The summed E-state index contributed by atoms with van der Waals surface area (Å²) in [5.41, 5.74) is 0. The Hall–Kier alpha value is 0. The quantitative estimate of drug-likeness (QED) is 0.550. The summed E-state index contributed by atoms with van der Waals surface area (Å²) in [6.45, 7) is 4.66. The first-order valence-corrected chi connectivity index (χ1v) is 4.60. The molecule has 1 aliphatic carbocycles. The summed E-state index contributed by atoms with van der Waals surface area (Å²) in [5.74, 6) is 1.92. The molecule has 1 unspecified atom stereocenters. The molecule has 0 bridgehead atoms. The molecule has 0 amide bonds. The molecule has 59 valence electrons. The van der Waals surface area contributed by atoms with Crippen molar-refractivity contribution in [3.05, 3.63) is 6.42 Å². The average molecular weight is 139 g/mol. The summed E-state index contributed by atoms with van der Waals surface area (Å²) in [6, 6.07) is 0. The van der Waals surface area contributed by atoms with Crippen LogP contribution in [0.5, 0.6) is 0 Å². The van der Waals surface area contributed by atoms with Gasteiger partial charge in [-0.2, -0.15) is 0 Å². The van der Waals surface area contributed by atoms with E-state index in [1.165, 1.54) is 32.1 Å². The lowest BCUT2D eigenvalue weighted by Gasteiger charge is -2.22. The van der Waals surface area contributed by atoms with Crippen molar-refractivity contribution in [3.63, 3.8) is 0 Å². The van der Waals surface area contributed by atoms with E-state index in [9.17, 15) is 0 Å². The summed E-state index contributed by atoms with van der Waals surface area (Å²) in [5, 5.41) is 0. The number of hydrogen-bond donors (Lipinski definition) is 0. The van der Waals surface area contributed by atoms with E-state index in [1.807, 2.05) is 0 Å². The molecular formula is C10H19. The Morgan fingerprint density at radius 2 is 2.30 bits per heavy atom. The smallest absolute Gasteiger partial charge is 0.0383 e. The van der Waals surface area contributed by atoms with Gasteiger partial charge in [0.1, 0.15) is 0 Å². The van der Waals surface area contributed by atoms with Crippen LogP contribution in [0.15, 0.2) is 0 Å². The fourth-order valence-electron chi connectivity index (χ4n) is 1.90. The molecule has 0 nitrogen and oxygen atoms in total. The van der Waals surface area contributed by atoms with Crippen LogP contribution in [0.25, 0.3) is 0 Å². The van der Waals surface area contributed by atoms with Crippen LogP contribution in [-0.2, 0) is 0 Å². The van der Waals surface area contributed by atoms with Gasteiger partial charge in [0.15, 0.2) is 0 Å². The van der Waals surface area contributed by atoms with Gasteiger partial charge in [0.2, 0.25) is 0 Å². The first-order valence-electron chi connectivity index (χ1n) is 4.60. The standard InChI is InChI=1S/C10H19/c1-9(2)8-10-6-4-3-5-7-10/h4,9-10H,3,5-8H2,1-2H3. The summed E-state index contributed by atoms with van der Waals surface area (Å²) in [7, 11) is 0. The Morgan fingerprint density at radius 1 is 1.50 bits per heavy atom. The van der Waals surface area contributed by atoms with Crippen molar-refractivity contribution in [1.29, 1.82) is 0 Å². The van der Waals surface area contributed by atoms with E-state index >= 15 is 0 Å². The lowest BCUT2D eigenvalue weighted by molar-refractivity contribution is 0.343. The third-order valence-electron chi connectivity index (χ3n) is 2.33. The second-order valence-corrected chi connectivity index (χ2v) is 3.95. The minimum absolute atomic E-state index is 0.900. The van der Waals surface area contributed by atoms with Gasteiger partial charge in [-0.25, -0.2) is 0 Å². The third-order valence-corrected chi connectivity index (χ3v) is 2.33. The Morgan fingerprint density at radius 3 is 2.80 bits per heavy atom. The molecule has 10 heavy (non-hydrogen) atoms. The zero-order chi connectivity index (χ0) is 7.40. The summed E-state index contributed by atoms with van der Waals surface area (Å²) in [6.07, 6.45) is 9.59. The van der Waals surface area contributed by atoms with Crippen LogP contribution in [0.4, 0.5) is 0 Å². The molecule has 1 rings (SSSR count). The molecule has 0 saturated heterocycles. The maximum atomic E-state index is 2.47. The van der Waals surface area contributed by atoms with Gasteiger partial charge in [-0.15, -0.1) is 0 Å². The van der Waals surface area contributed by atoms with E-state index in [0.29, 0.717) is 0 Å². The molecule has 1 radical (unpaired) electrons. The van der Waals surface area contributed by atoms with E-state index in [1.54, 1.807) is 0 Å². The van der Waals surface area contributed by atoms with E-state index in [-0.39, 0.29) is 0 Å². The average Bonchev–Trinajstić information content (AvgIpc) is 1.88. The largest absolute Gasteiger partial charge is 0.0628 e. The van der Waals surface area contributed by atoms with Crippen molar-refractivity contribution < 1.29 is 0 Å². The van der Waals surface area contributed by atoms with Crippen molar-refractivity contribution in [1.82, 2.24) is 0 Å². The predicted octanol–water partition coefficient (Wildman–Crippen LogP) is 3.43. The summed E-state index contributed by atoms with van der Waals surface area (Å²) >= 11 is 0. The van der Waals surface area contributed by atoms with E-state index in [2.05, 4.69) is 20.3 Å². The van der Waals surface area contributed by atoms with Crippen molar-refractivity contribution >= 4 is 0 Å². The van der Waals surface area contributed by atoms with Crippen LogP contribution in [-0.4, -0.2) is 0 Å². The van der Waals surface area contributed by atoms with Crippen LogP contribution in [0.3, 0.4) is 0 Å². The van der Waals surface area contributed by atoms with E-state index in [4.69, 9.17) is 0 Å². The van der Waals surface area contributed by atoms with Gasteiger partial charge in [-0.05, 0) is 31.1 Å². The van der Waals surface area contributed by atoms with Crippen molar-refractivity contribution in [2.75, 3.05) is 0 Å². The van der Waals surface area contributed by atoms with Gasteiger partial charge in [0.25, 0.3) is 0 Å². The molecule has 0 heterocycles. The predicted molar refractivity (Wildman–Crippen MR) is 45.7 cm³/mol. The molecule has 0 heteroatoms. The van der Waals surface area contributed by atoms with Crippen molar-refractivity contribution in [2.45, 2.75) is 46.0 Å². The lowest BCUT2D eigenvalue weighted by atomic mass is 9.84. The fraction of sp³-hybridized carbons (Fsp3) is 0.900. The first kappa shape index (κ1) is 8.10. The zero-order valence-corrected chi connectivity index (χ0v) is 7.27. The van der Waals surface area contributed by atoms with Crippen molar-refractivity contribution in [2.24, 2.45) is 11.8 Å². The van der Waals surface area contributed by atoms with Gasteiger partial charge >= 0.3 is 0 Å². The highest BCUT2D eigenvalue weighted by Gasteiger charge is 2.13. The minimum atomic E-state index is 0.900. The van der Waals surface area contributed by atoms with Crippen molar-refractivity contribution in [3.8, 4) is 0 Å². The lowest BCUT2D eigenvalue weighted by Crippen LogP contribution is -2.09. The monoisotopic (exact) mass is 139 g/mol. The van der Waals surface area contributed by atoms with Gasteiger partial charge in [0, 0.05) is 0 Å². The van der Waals surface area contributed by atoms with Gasteiger partial charge in [-0.3, -0.25) is 0 Å². The van der Waals surface area contributed by atoms with Gasteiger partial charge < -0.3 is 0 Å². The minimum Gasteiger partial charge on any atom is -0.0628 e. The SMILES string of the molecule is CC(C)CC1C[CH]CCC1. The normalized spacial score (nSPS) is 21.9. The molecule has 0 spiro atoms. The zero-order valence-electron chi connectivity index (χ0n) is 7.27.